The van der Waals surface area contributed by atoms with Gasteiger partial charge in [-0.25, -0.2) is 4.98 Å². The number of hydrogen-bond acceptors (Lipinski definition) is 5. The molecular weight excluding hydrogens is 561 g/mol. The van der Waals surface area contributed by atoms with Gasteiger partial charge < -0.3 is 19.7 Å². The molecule has 3 aromatic carbocycles. The smallest absolute Gasteiger partial charge is 0.256 e. The van der Waals surface area contributed by atoms with Crippen molar-refractivity contribution in [3.05, 3.63) is 94.2 Å². The summed E-state index contributed by atoms with van der Waals surface area (Å²) in [7, 11) is 0. The number of anilines is 2. The summed E-state index contributed by atoms with van der Waals surface area (Å²) in [6.07, 6.45) is 1.77. The third kappa shape index (κ3) is 5.64. The molecule has 0 radical (unpaired) electrons. The number of benzene rings is 3. The van der Waals surface area contributed by atoms with Crippen LogP contribution in [-0.4, -0.2) is 62.6 Å². The van der Waals surface area contributed by atoms with Crippen molar-refractivity contribution in [2.45, 2.75) is 13.5 Å². The van der Waals surface area contributed by atoms with Gasteiger partial charge in [0.25, 0.3) is 5.91 Å². The Labute approximate surface area is 246 Å². The van der Waals surface area contributed by atoms with Crippen LogP contribution in [0.15, 0.2) is 73.1 Å². The third-order valence-corrected chi connectivity index (χ3v) is 8.07. The first-order chi connectivity index (χ1) is 19.9. The molecule has 1 fully saturated rings. The van der Waals surface area contributed by atoms with E-state index in [0.29, 0.717) is 41.1 Å². The monoisotopic (exact) mass is 587 g/mol. The SMILES string of the molecule is CC(=O)N1CCN(c2ccc(C(=O)Nc3cc(-c4ccc5ncn(Cc6c(Cl)cccc6Cl)c5c4)[nH]n3)cc2)CC1. The molecule has 1 aliphatic rings. The van der Waals surface area contributed by atoms with Gasteiger partial charge in [-0.05, 0) is 48.5 Å². The van der Waals surface area contributed by atoms with Crippen LogP contribution >= 0.6 is 23.2 Å². The van der Waals surface area contributed by atoms with Crippen LogP contribution in [0.3, 0.4) is 0 Å². The minimum absolute atomic E-state index is 0.101. The lowest BCUT2D eigenvalue weighted by atomic mass is 10.1. The maximum absolute atomic E-state index is 12.9. The highest BCUT2D eigenvalue weighted by atomic mass is 35.5. The molecule has 0 unspecified atom stereocenters. The minimum atomic E-state index is -0.249. The first-order valence-electron chi connectivity index (χ1n) is 13.2. The quantitative estimate of drug-likeness (QED) is 0.265. The zero-order chi connectivity index (χ0) is 28.5. The van der Waals surface area contributed by atoms with Gasteiger partial charge in [-0.2, -0.15) is 5.10 Å². The van der Waals surface area contributed by atoms with Gasteiger partial charge in [0.05, 0.1) is 29.6 Å². The van der Waals surface area contributed by atoms with Crippen molar-refractivity contribution in [3.8, 4) is 11.3 Å². The predicted molar refractivity (Wildman–Crippen MR) is 162 cm³/mol. The van der Waals surface area contributed by atoms with Gasteiger partial charge in [-0.1, -0.05) is 35.3 Å². The molecule has 3 heterocycles. The van der Waals surface area contributed by atoms with Gasteiger partial charge in [-0.3, -0.25) is 14.7 Å². The molecule has 5 aromatic rings. The Morgan fingerprint density at radius 3 is 2.39 bits per heavy atom. The van der Waals surface area contributed by atoms with Gasteiger partial charge in [0, 0.05) is 71.6 Å². The van der Waals surface area contributed by atoms with E-state index >= 15 is 0 Å². The zero-order valence-electron chi connectivity index (χ0n) is 22.3. The van der Waals surface area contributed by atoms with Gasteiger partial charge in [0.15, 0.2) is 5.82 Å². The number of nitrogens with zero attached hydrogens (tertiary/aromatic N) is 5. The van der Waals surface area contributed by atoms with E-state index in [2.05, 4.69) is 25.4 Å². The van der Waals surface area contributed by atoms with Crippen molar-refractivity contribution in [2.24, 2.45) is 0 Å². The molecule has 2 aromatic heterocycles. The summed E-state index contributed by atoms with van der Waals surface area (Å²) in [5.41, 5.74) is 5.80. The number of carbonyl (C=O) groups excluding carboxylic acids is 2. The Morgan fingerprint density at radius 1 is 0.951 bits per heavy atom. The lowest BCUT2D eigenvalue weighted by Crippen LogP contribution is -2.48. The number of halogens is 2. The fraction of sp³-hybridized carbons (Fsp3) is 0.200. The average molecular weight is 588 g/mol. The van der Waals surface area contributed by atoms with Gasteiger partial charge in [0.2, 0.25) is 5.91 Å². The van der Waals surface area contributed by atoms with Crippen LogP contribution in [0, 0.1) is 0 Å². The van der Waals surface area contributed by atoms with E-state index in [1.54, 1.807) is 31.5 Å². The molecule has 2 N–H and O–H groups in total. The van der Waals surface area contributed by atoms with Crippen molar-refractivity contribution < 1.29 is 9.59 Å². The molecule has 0 atom stereocenters. The fourth-order valence-electron chi connectivity index (χ4n) is 5.03. The first-order valence-corrected chi connectivity index (χ1v) is 14.0. The molecule has 0 aliphatic carbocycles. The maximum atomic E-state index is 12.9. The van der Waals surface area contributed by atoms with E-state index in [4.69, 9.17) is 23.2 Å². The maximum Gasteiger partial charge on any atom is 0.256 e. The van der Waals surface area contributed by atoms with Crippen molar-refractivity contribution in [1.29, 1.82) is 0 Å². The van der Waals surface area contributed by atoms with Crippen molar-refractivity contribution >= 4 is 57.6 Å². The van der Waals surface area contributed by atoms with Crippen LogP contribution in [0.25, 0.3) is 22.3 Å². The second kappa shape index (κ2) is 11.3. The molecule has 11 heteroatoms. The van der Waals surface area contributed by atoms with Crippen LogP contribution in [-0.2, 0) is 11.3 Å². The number of aromatic nitrogens is 4. The fourth-order valence-corrected chi connectivity index (χ4v) is 5.55. The molecule has 0 spiro atoms. The van der Waals surface area contributed by atoms with E-state index in [1.807, 2.05) is 58.0 Å². The minimum Gasteiger partial charge on any atom is -0.368 e. The highest BCUT2D eigenvalue weighted by Crippen LogP contribution is 2.29. The van der Waals surface area contributed by atoms with Crippen molar-refractivity contribution in [2.75, 3.05) is 36.4 Å². The molecule has 2 amide bonds. The van der Waals surface area contributed by atoms with Crippen LogP contribution in [0.5, 0.6) is 0 Å². The van der Waals surface area contributed by atoms with E-state index in [-0.39, 0.29) is 11.8 Å². The molecule has 1 saturated heterocycles. The van der Waals surface area contributed by atoms with Gasteiger partial charge >= 0.3 is 0 Å². The zero-order valence-corrected chi connectivity index (χ0v) is 23.8. The highest BCUT2D eigenvalue weighted by molar-refractivity contribution is 6.36. The molecule has 1 aliphatic heterocycles. The Morgan fingerprint density at radius 2 is 1.68 bits per heavy atom. The van der Waals surface area contributed by atoms with E-state index in [0.717, 1.165) is 46.6 Å². The molecule has 9 nitrogen and oxygen atoms in total. The summed E-state index contributed by atoms with van der Waals surface area (Å²) in [5, 5.41) is 11.4. The largest absolute Gasteiger partial charge is 0.368 e. The van der Waals surface area contributed by atoms with Crippen LogP contribution in [0.1, 0.15) is 22.8 Å². The second-order valence-corrected chi connectivity index (χ2v) is 10.8. The Kier molecular flexibility index (Phi) is 7.38. The van der Waals surface area contributed by atoms with Crippen LogP contribution < -0.4 is 10.2 Å². The highest BCUT2D eigenvalue weighted by Gasteiger charge is 2.19. The summed E-state index contributed by atoms with van der Waals surface area (Å²) in [6.45, 7) is 5.01. The number of piperazine rings is 1. The normalized spacial score (nSPS) is 13.5. The summed E-state index contributed by atoms with van der Waals surface area (Å²) in [6, 6.07) is 20.6. The number of imidazole rings is 1. The summed E-state index contributed by atoms with van der Waals surface area (Å²) in [5.74, 6) is 0.274. The van der Waals surface area contributed by atoms with E-state index < -0.39 is 0 Å². The average Bonchev–Trinajstić information content (AvgIpc) is 3.62. The molecular formula is C30H27Cl2N7O2. The number of aromatic amines is 1. The first kappa shape index (κ1) is 26.9. The predicted octanol–water partition coefficient (Wildman–Crippen LogP) is 5.70. The standard InChI is InChI=1S/C30H27Cl2N7O2/c1-19(40)37-11-13-38(14-12-37)22-8-5-20(6-9-22)30(41)34-29-16-27(35-36-29)21-7-10-26-28(15-21)39(18-33-26)17-23-24(31)3-2-4-25(23)32/h2-10,15-16,18H,11-14,17H2,1H3,(H2,34,35,36,41). The van der Waals surface area contributed by atoms with Crippen molar-refractivity contribution in [1.82, 2.24) is 24.6 Å². The number of rotatable bonds is 6. The number of nitrogens with one attached hydrogen (secondary N) is 2. The Hall–Kier alpha value is -4.34. The Bertz CT molecular complexity index is 1720. The second-order valence-electron chi connectivity index (χ2n) is 9.94. The lowest BCUT2D eigenvalue weighted by Gasteiger charge is -2.35. The van der Waals surface area contributed by atoms with E-state index in [9.17, 15) is 9.59 Å². The number of fused-ring (bicyclic) bond motifs is 1. The molecule has 0 bridgehead atoms. The summed E-state index contributed by atoms with van der Waals surface area (Å²) >= 11 is 12.8. The van der Waals surface area contributed by atoms with Crippen molar-refractivity contribution in [3.63, 3.8) is 0 Å². The number of amides is 2. The number of H-pyrrole nitrogens is 1. The topological polar surface area (TPSA) is 99.1 Å². The molecule has 6 rings (SSSR count). The van der Waals surface area contributed by atoms with Crippen LogP contribution in [0.2, 0.25) is 10.0 Å². The van der Waals surface area contributed by atoms with E-state index in [1.165, 1.54) is 0 Å². The molecule has 208 valence electrons. The van der Waals surface area contributed by atoms with Gasteiger partial charge in [0.1, 0.15) is 0 Å². The molecule has 41 heavy (non-hydrogen) atoms. The lowest BCUT2D eigenvalue weighted by molar-refractivity contribution is -0.129. The summed E-state index contributed by atoms with van der Waals surface area (Å²) in [4.78, 5) is 33.1. The Balaban J connectivity index is 1.14. The molecule has 0 saturated carbocycles. The summed E-state index contributed by atoms with van der Waals surface area (Å²) < 4.78 is 2.00. The third-order valence-electron chi connectivity index (χ3n) is 7.36. The van der Waals surface area contributed by atoms with Crippen LogP contribution in [0.4, 0.5) is 11.5 Å². The number of carbonyl (C=O) groups is 2. The van der Waals surface area contributed by atoms with Gasteiger partial charge in [-0.15, -0.1) is 0 Å². The number of hydrogen-bond donors (Lipinski definition) is 2.